The van der Waals surface area contributed by atoms with Gasteiger partial charge in [-0.05, 0) is 55.7 Å². The van der Waals surface area contributed by atoms with Crippen LogP contribution in [0.15, 0.2) is 12.1 Å². The maximum atomic E-state index is 3.75. The summed E-state index contributed by atoms with van der Waals surface area (Å²) in [5.41, 5.74) is 5.95. The number of aryl methyl sites for hydroxylation is 3. The number of halogens is 1. The first-order valence-corrected chi connectivity index (χ1v) is 8.36. The third-order valence-corrected chi connectivity index (χ3v) is 5.40. The Kier molecular flexibility index (Phi) is 4.89. The Labute approximate surface area is 120 Å². The predicted molar refractivity (Wildman–Crippen MR) is 83.6 cm³/mol. The molecule has 1 aromatic rings. The quantitative estimate of drug-likeness (QED) is 0.657. The van der Waals surface area contributed by atoms with Gasteiger partial charge in [-0.1, -0.05) is 59.3 Å². The van der Waals surface area contributed by atoms with Crippen LogP contribution in [0.3, 0.4) is 0 Å². The molecule has 1 aromatic carbocycles. The van der Waals surface area contributed by atoms with E-state index in [0.717, 1.165) is 17.2 Å². The first-order valence-electron chi connectivity index (χ1n) is 7.24. The molecule has 0 aliphatic heterocycles. The molecule has 0 heterocycles. The van der Waals surface area contributed by atoms with Gasteiger partial charge in [0, 0.05) is 5.33 Å². The second-order valence-electron chi connectivity index (χ2n) is 6.04. The van der Waals surface area contributed by atoms with E-state index in [1.807, 2.05) is 0 Å². The highest BCUT2D eigenvalue weighted by Gasteiger charge is 2.25. The van der Waals surface area contributed by atoms with Gasteiger partial charge in [0.05, 0.1) is 0 Å². The summed E-state index contributed by atoms with van der Waals surface area (Å²) in [5.74, 6) is 1.78. The van der Waals surface area contributed by atoms with Gasteiger partial charge in [-0.2, -0.15) is 0 Å². The van der Waals surface area contributed by atoms with Crippen LogP contribution in [-0.2, 0) is 6.42 Å². The third-order valence-electron chi connectivity index (χ3n) is 4.57. The SMILES string of the molecule is Cc1cc(C)c(CC(CBr)C2CCCC2)c(C)c1. The van der Waals surface area contributed by atoms with Gasteiger partial charge in [0.15, 0.2) is 0 Å². The van der Waals surface area contributed by atoms with Crippen LogP contribution in [0.1, 0.15) is 47.9 Å². The molecule has 100 valence electrons. The van der Waals surface area contributed by atoms with Crippen LogP contribution in [-0.4, -0.2) is 5.33 Å². The summed E-state index contributed by atoms with van der Waals surface area (Å²) in [5, 5.41) is 1.16. The molecule has 1 aliphatic rings. The molecular weight excluding hydrogens is 284 g/mol. The lowest BCUT2D eigenvalue weighted by Crippen LogP contribution is -2.17. The van der Waals surface area contributed by atoms with Gasteiger partial charge in [0.2, 0.25) is 0 Å². The summed E-state index contributed by atoms with van der Waals surface area (Å²) in [7, 11) is 0. The normalized spacial score (nSPS) is 18.2. The topological polar surface area (TPSA) is 0 Å². The maximum Gasteiger partial charge on any atom is 0.00655 e. The molecule has 0 nitrogen and oxygen atoms in total. The van der Waals surface area contributed by atoms with Crippen molar-refractivity contribution >= 4 is 15.9 Å². The van der Waals surface area contributed by atoms with E-state index in [9.17, 15) is 0 Å². The van der Waals surface area contributed by atoms with Gasteiger partial charge in [-0.3, -0.25) is 0 Å². The Morgan fingerprint density at radius 2 is 1.67 bits per heavy atom. The summed E-state index contributed by atoms with van der Waals surface area (Å²) in [6, 6.07) is 4.67. The number of hydrogen-bond acceptors (Lipinski definition) is 0. The van der Waals surface area contributed by atoms with Crippen LogP contribution in [0.25, 0.3) is 0 Å². The summed E-state index contributed by atoms with van der Waals surface area (Å²) < 4.78 is 0. The van der Waals surface area contributed by atoms with Crippen molar-refractivity contribution in [2.24, 2.45) is 11.8 Å². The van der Waals surface area contributed by atoms with Crippen molar-refractivity contribution in [3.63, 3.8) is 0 Å². The van der Waals surface area contributed by atoms with Crippen molar-refractivity contribution in [2.75, 3.05) is 5.33 Å². The predicted octanol–water partition coefficient (Wildman–Crippen LogP) is 5.36. The fourth-order valence-electron chi connectivity index (χ4n) is 3.57. The molecule has 18 heavy (non-hydrogen) atoms. The molecule has 0 saturated heterocycles. The van der Waals surface area contributed by atoms with Crippen molar-refractivity contribution in [3.8, 4) is 0 Å². The van der Waals surface area contributed by atoms with E-state index in [-0.39, 0.29) is 0 Å². The molecule has 0 spiro atoms. The van der Waals surface area contributed by atoms with E-state index < -0.39 is 0 Å². The summed E-state index contributed by atoms with van der Waals surface area (Å²) in [6.07, 6.45) is 7.04. The van der Waals surface area contributed by atoms with Gasteiger partial charge in [0.1, 0.15) is 0 Å². The molecular formula is C17H25Br. The molecule has 0 N–H and O–H groups in total. The second-order valence-corrected chi connectivity index (χ2v) is 6.69. The average molecular weight is 309 g/mol. The largest absolute Gasteiger partial charge is 0.0925 e. The van der Waals surface area contributed by atoms with E-state index in [4.69, 9.17) is 0 Å². The van der Waals surface area contributed by atoms with Crippen LogP contribution < -0.4 is 0 Å². The van der Waals surface area contributed by atoms with Crippen molar-refractivity contribution in [2.45, 2.75) is 52.9 Å². The van der Waals surface area contributed by atoms with E-state index in [1.165, 1.54) is 48.8 Å². The van der Waals surface area contributed by atoms with Crippen LogP contribution in [0.4, 0.5) is 0 Å². The molecule has 0 radical (unpaired) electrons. The molecule has 1 saturated carbocycles. The van der Waals surface area contributed by atoms with Crippen molar-refractivity contribution in [1.82, 2.24) is 0 Å². The highest BCUT2D eigenvalue weighted by atomic mass is 79.9. The van der Waals surface area contributed by atoms with E-state index in [2.05, 4.69) is 48.8 Å². The van der Waals surface area contributed by atoms with Gasteiger partial charge >= 0.3 is 0 Å². The molecule has 1 atom stereocenters. The third kappa shape index (κ3) is 3.17. The standard InChI is InChI=1S/C17H25Br/c1-12-8-13(2)17(14(3)9-12)10-16(11-18)15-6-4-5-7-15/h8-9,15-16H,4-7,10-11H2,1-3H3. The van der Waals surface area contributed by atoms with Crippen LogP contribution in [0.2, 0.25) is 0 Å². The lowest BCUT2D eigenvalue weighted by molar-refractivity contribution is 0.372. The molecule has 1 fully saturated rings. The van der Waals surface area contributed by atoms with Gasteiger partial charge in [-0.25, -0.2) is 0 Å². The molecule has 0 aromatic heterocycles. The first kappa shape index (κ1) is 14.1. The smallest absolute Gasteiger partial charge is 0.00655 e. The lowest BCUT2D eigenvalue weighted by atomic mass is 9.84. The van der Waals surface area contributed by atoms with Crippen LogP contribution in [0.5, 0.6) is 0 Å². The summed E-state index contributed by atoms with van der Waals surface area (Å²) >= 11 is 3.75. The Hall–Kier alpha value is -0.300. The van der Waals surface area contributed by atoms with Crippen LogP contribution in [0, 0.1) is 32.6 Å². The zero-order chi connectivity index (χ0) is 13.1. The molecule has 0 amide bonds. The molecule has 1 aliphatic carbocycles. The number of benzene rings is 1. The first-order chi connectivity index (χ1) is 8.61. The zero-order valence-corrected chi connectivity index (χ0v) is 13.5. The fraction of sp³-hybridized carbons (Fsp3) is 0.647. The molecule has 0 bridgehead atoms. The fourth-order valence-corrected chi connectivity index (χ4v) is 4.33. The number of rotatable bonds is 4. The molecule has 2 rings (SSSR count). The maximum absolute atomic E-state index is 3.75. The minimum absolute atomic E-state index is 0.826. The number of hydrogen-bond donors (Lipinski definition) is 0. The van der Waals surface area contributed by atoms with Crippen molar-refractivity contribution in [1.29, 1.82) is 0 Å². The molecule has 1 heteroatoms. The Morgan fingerprint density at radius 3 is 2.17 bits per heavy atom. The van der Waals surface area contributed by atoms with E-state index >= 15 is 0 Å². The Bertz CT molecular complexity index is 379. The summed E-state index contributed by atoms with van der Waals surface area (Å²) in [6.45, 7) is 6.74. The lowest BCUT2D eigenvalue weighted by Gasteiger charge is -2.23. The molecule has 1 unspecified atom stereocenters. The van der Waals surface area contributed by atoms with Gasteiger partial charge in [-0.15, -0.1) is 0 Å². The number of alkyl halides is 1. The van der Waals surface area contributed by atoms with Crippen molar-refractivity contribution in [3.05, 3.63) is 34.4 Å². The van der Waals surface area contributed by atoms with Gasteiger partial charge in [0.25, 0.3) is 0 Å². The summed E-state index contributed by atoms with van der Waals surface area (Å²) in [4.78, 5) is 0. The van der Waals surface area contributed by atoms with Crippen molar-refractivity contribution < 1.29 is 0 Å². The van der Waals surface area contributed by atoms with Gasteiger partial charge < -0.3 is 0 Å². The monoisotopic (exact) mass is 308 g/mol. The highest BCUT2D eigenvalue weighted by molar-refractivity contribution is 9.09. The minimum Gasteiger partial charge on any atom is -0.0925 e. The Morgan fingerprint density at radius 1 is 1.11 bits per heavy atom. The highest BCUT2D eigenvalue weighted by Crippen LogP contribution is 2.35. The van der Waals surface area contributed by atoms with E-state index in [0.29, 0.717) is 0 Å². The Balaban J connectivity index is 2.16. The van der Waals surface area contributed by atoms with Crippen LogP contribution >= 0.6 is 15.9 Å². The minimum atomic E-state index is 0.826. The van der Waals surface area contributed by atoms with E-state index in [1.54, 1.807) is 5.56 Å². The second kappa shape index (κ2) is 6.23. The average Bonchev–Trinajstić information content (AvgIpc) is 2.81. The zero-order valence-electron chi connectivity index (χ0n) is 11.9.